The molecule has 1 fully saturated rings. The van der Waals surface area contributed by atoms with Gasteiger partial charge in [-0.2, -0.15) is 0 Å². The summed E-state index contributed by atoms with van der Waals surface area (Å²) < 4.78 is 14.3. The van der Waals surface area contributed by atoms with Gasteiger partial charge in [0.1, 0.15) is 17.2 Å². The van der Waals surface area contributed by atoms with Crippen LogP contribution >= 0.6 is 0 Å². The summed E-state index contributed by atoms with van der Waals surface area (Å²) in [6.45, 7) is 8.00. The van der Waals surface area contributed by atoms with Crippen molar-refractivity contribution in [1.29, 1.82) is 5.41 Å². The molecule has 5 N–H and O–H groups in total. The van der Waals surface area contributed by atoms with Crippen molar-refractivity contribution < 1.29 is 33.4 Å². The summed E-state index contributed by atoms with van der Waals surface area (Å²) >= 11 is 0. The third kappa shape index (κ3) is 8.15. The predicted molar refractivity (Wildman–Crippen MR) is 165 cm³/mol. The molecular formula is C31H39N7O7. The van der Waals surface area contributed by atoms with Crippen molar-refractivity contribution in [3.05, 3.63) is 58.9 Å². The number of benzene rings is 2. The second kappa shape index (κ2) is 14.7. The number of nitrogens with zero attached hydrogens (tertiary/aromatic N) is 2. The maximum Gasteiger partial charge on any atom is 0.415 e. The number of rotatable bonds is 12. The van der Waals surface area contributed by atoms with Crippen molar-refractivity contribution in [3.8, 4) is 0 Å². The number of hydrogen-bond acceptors (Lipinski definition) is 11. The number of esters is 2. The summed E-state index contributed by atoms with van der Waals surface area (Å²) in [4.78, 5) is 58.5. The van der Waals surface area contributed by atoms with Crippen molar-refractivity contribution in [2.45, 2.75) is 52.6 Å². The molecular weight excluding hydrogens is 582 g/mol. The summed E-state index contributed by atoms with van der Waals surface area (Å²) in [6.07, 6.45) is 0.981. The summed E-state index contributed by atoms with van der Waals surface area (Å²) in [6, 6.07) is 10.6. The van der Waals surface area contributed by atoms with Crippen LogP contribution in [0.5, 0.6) is 0 Å². The minimum atomic E-state index is -1.16. The Morgan fingerprint density at radius 2 is 1.76 bits per heavy atom. The maximum absolute atomic E-state index is 13.8. The first-order chi connectivity index (χ1) is 21.5. The smallest absolute Gasteiger partial charge is 0.415 e. The molecule has 1 atom stereocenters. The number of amides is 2. The zero-order valence-corrected chi connectivity index (χ0v) is 25.9. The van der Waals surface area contributed by atoms with Gasteiger partial charge in [0.15, 0.2) is 0 Å². The number of aryl methyl sites for hydroxylation is 1. The lowest BCUT2D eigenvalue weighted by molar-refractivity contribution is -0.149. The van der Waals surface area contributed by atoms with Crippen LogP contribution in [0.25, 0.3) is 11.0 Å². The van der Waals surface area contributed by atoms with E-state index in [-0.39, 0.29) is 24.9 Å². The van der Waals surface area contributed by atoms with Crippen molar-refractivity contribution in [2.75, 3.05) is 38.4 Å². The first-order valence-electron chi connectivity index (χ1n) is 14.7. The minimum absolute atomic E-state index is 0.0882. The number of ether oxygens (including phenoxy) is 3. The monoisotopic (exact) mass is 621 g/mol. The molecule has 1 aliphatic heterocycles. The Hall–Kier alpha value is -4.98. The Bertz CT molecular complexity index is 1560. The number of aromatic nitrogens is 2. The lowest BCUT2D eigenvalue weighted by atomic mass is 9.86. The topological polar surface area (TPSA) is 188 Å². The molecule has 1 saturated heterocycles. The SMILES string of the molecule is CCOC(=O)CNC(C)(C(=O)N1CCCC1)c1ccc2[nH]c(CNc3ccc(C(=N)NC(=O)OCOC(C)=O)cc3)nc2c1C. The van der Waals surface area contributed by atoms with Crippen LogP contribution in [-0.4, -0.2) is 77.7 Å². The number of likely N-dealkylation sites (tertiary alicyclic amines) is 1. The molecule has 2 amide bonds. The maximum atomic E-state index is 13.8. The van der Waals surface area contributed by atoms with E-state index in [1.807, 2.05) is 24.0 Å². The molecule has 1 aliphatic rings. The summed E-state index contributed by atoms with van der Waals surface area (Å²) in [5, 5.41) is 16.8. The molecule has 3 aromatic rings. The van der Waals surface area contributed by atoms with Gasteiger partial charge in [-0.15, -0.1) is 0 Å². The fourth-order valence-electron chi connectivity index (χ4n) is 5.19. The molecule has 2 heterocycles. The molecule has 0 bridgehead atoms. The van der Waals surface area contributed by atoms with Gasteiger partial charge in [0, 0.05) is 31.3 Å². The Labute approximate surface area is 260 Å². The molecule has 45 heavy (non-hydrogen) atoms. The lowest BCUT2D eigenvalue weighted by Crippen LogP contribution is -2.54. The number of carbonyl (C=O) groups excluding carboxylic acids is 4. The van der Waals surface area contributed by atoms with E-state index in [1.54, 1.807) is 38.1 Å². The minimum Gasteiger partial charge on any atom is -0.465 e. The van der Waals surface area contributed by atoms with Gasteiger partial charge in [-0.3, -0.25) is 30.4 Å². The van der Waals surface area contributed by atoms with Gasteiger partial charge >= 0.3 is 18.0 Å². The van der Waals surface area contributed by atoms with Gasteiger partial charge in [-0.05, 0) is 75.1 Å². The van der Waals surface area contributed by atoms with Gasteiger partial charge in [0.2, 0.25) is 12.7 Å². The molecule has 0 spiro atoms. The Morgan fingerprint density at radius 3 is 2.42 bits per heavy atom. The molecule has 0 radical (unpaired) electrons. The first kappa shape index (κ1) is 32.9. The molecule has 1 unspecified atom stereocenters. The molecule has 0 aliphatic carbocycles. The highest BCUT2D eigenvalue weighted by Gasteiger charge is 2.41. The Balaban J connectivity index is 1.45. The quantitative estimate of drug-likeness (QED) is 0.0870. The van der Waals surface area contributed by atoms with Crippen LogP contribution in [0.2, 0.25) is 0 Å². The highest BCUT2D eigenvalue weighted by Crippen LogP contribution is 2.32. The first-order valence-corrected chi connectivity index (χ1v) is 14.7. The third-order valence-electron chi connectivity index (χ3n) is 7.52. The van der Waals surface area contributed by atoms with Crippen molar-refractivity contribution in [2.24, 2.45) is 0 Å². The van der Waals surface area contributed by atoms with E-state index in [0.717, 1.165) is 40.7 Å². The van der Waals surface area contributed by atoms with Crippen molar-refractivity contribution >= 4 is 46.5 Å². The average Bonchev–Trinajstić information content (AvgIpc) is 3.70. The molecule has 0 saturated carbocycles. The number of fused-ring (bicyclic) bond motifs is 1. The number of imidazole rings is 1. The van der Waals surface area contributed by atoms with E-state index in [0.29, 0.717) is 31.0 Å². The molecule has 2 aromatic carbocycles. The van der Waals surface area contributed by atoms with Crippen LogP contribution in [0, 0.1) is 12.3 Å². The lowest BCUT2D eigenvalue weighted by Gasteiger charge is -2.35. The zero-order valence-electron chi connectivity index (χ0n) is 25.9. The largest absolute Gasteiger partial charge is 0.465 e. The van der Waals surface area contributed by atoms with Crippen LogP contribution in [0.1, 0.15) is 56.1 Å². The molecule has 14 heteroatoms. The number of hydrogen-bond donors (Lipinski definition) is 5. The van der Waals surface area contributed by atoms with E-state index >= 15 is 0 Å². The van der Waals surface area contributed by atoms with Crippen LogP contribution in [0.15, 0.2) is 36.4 Å². The highest BCUT2D eigenvalue weighted by atomic mass is 16.7. The Kier molecular flexibility index (Phi) is 10.7. The number of alkyl carbamates (subject to hydrolysis) is 1. The van der Waals surface area contributed by atoms with Gasteiger partial charge < -0.3 is 29.4 Å². The van der Waals surface area contributed by atoms with Crippen LogP contribution in [-0.2, 0) is 40.7 Å². The molecule has 240 valence electrons. The fourth-order valence-corrected chi connectivity index (χ4v) is 5.19. The van der Waals surface area contributed by atoms with E-state index in [2.05, 4.69) is 30.4 Å². The van der Waals surface area contributed by atoms with Gasteiger partial charge in [0.05, 0.1) is 30.7 Å². The van der Waals surface area contributed by atoms with Crippen molar-refractivity contribution in [3.63, 3.8) is 0 Å². The van der Waals surface area contributed by atoms with Crippen LogP contribution < -0.4 is 16.0 Å². The molecule has 1 aromatic heterocycles. The summed E-state index contributed by atoms with van der Waals surface area (Å²) in [7, 11) is 0. The van der Waals surface area contributed by atoms with Crippen LogP contribution in [0.3, 0.4) is 0 Å². The molecule has 14 nitrogen and oxygen atoms in total. The predicted octanol–water partition coefficient (Wildman–Crippen LogP) is 3.05. The number of anilines is 1. The summed E-state index contributed by atoms with van der Waals surface area (Å²) in [5.74, 6) is -0.605. The van der Waals surface area contributed by atoms with Crippen LogP contribution in [0.4, 0.5) is 10.5 Å². The van der Waals surface area contributed by atoms with Crippen molar-refractivity contribution in [1.82, 2.24) is 25.5 Å². The second-order valence-corrected chi connectivity index (χ2v) is 10.7. The van der Waals surface area contributed by atoms with Gasteiger partial charge in [0.25, 0.3) is 0 Å². The Morgan fingerprint density at radius 1 is 1.04 bits per heavy atom. The van der Waals surface area contributed by atoms with Gasteiger partial charge in [-0.1, -0.05) is 6.07 Å². The fraction of sp³-hybridized carbons (Fsp3) is 0.419. The average molecular weight is 622 g/mol. The standard InChI is InChI=1S/C31H39N7O7/c1-5-43-26(40)17-34-31(4,29(41)38-14-6-7-15-38)23-12-13-24-27(19(23)2)36-25(35-24)16-33-22-10-8-21(9-11-22)28(32)37-30(42)45-18-44-20(3)39/h8-13,33-34H,5-7,14-18H2,1-4H3,(H,35,36)(H2,32,37,42). The van der Waals surface area contributed by atoms with E-state index in [9.17, 15) is 19.2 Å². The number of aromatic amines is 1. The highest BCUT2D eigenvalue weighted by molar-refractivity contribution is 6.04. The second-order valence-electron chi connectivity index (χ2n) is 10.7. The number of nitrogens with one attached hydrogen (secondary N) is 5. The van der Waals surface area contributed by atoms with Gasteiger partial charge in [-0.25, -0.2) is 9.78 Å². The van der Waals surface area contributed by atoms with E-state index < -0.39 is 30.4 Å². The van der Waals surface area contributed by atoms with E-state index in [4.69, 9.17) is 15.1 Å². The number of amidine groups is 1. The number of carbonyl (C=O) groups is 4. The molecule has 4 rings (SSSR count). The van der Waals surface area contributed by atoms with E-state index in [1.165, 1.54) is 6.92 Å². The third-order valence-corrected chi connectivity index (χ3v) is 7.52. The normalized spacial score (nSPS) is 14.0. The number of H-pyrrole nitrogens is 1. The summed E-state index contributed by atoms with van der Waals surface area (Å²) in [5.41, 5.74) is 3.14. The zero-order chi connectivity index (χ0) is 32.6.